The summed E-state index contributed by atoms with van der Waals surface area (Å²) in [7, 11) is 0. The second-order valence-electron chi connectivity index (χ2n) is 9.31. The molecule has 2 aromatic rings. The lowest BCUT2D eigenvalue weighted by atomic mass is 9.89. The summed E-state index contributed by atoms with van der Waals surface area (Å²) in [5.41, 5.74) is 1.67. The van der Waals surface area contributed by atoms with Crippen molar-refractivity contribution in [3.05, 3.63) is 65.5 Å². The number of halogens is 1. The summed E-state index contributed by atoms with van der Waals surface area (Å²) < 4.78 is 42.5. The van der Waals surface area contributed by atoms with Crippen LogP contribution in [0.15, 0.2) is 48.5 Å². The SMILES string of the molecule is CC[C@H]1O[C@@H](OCCCCc2ccc(OCc3ccccc3F)cc2)[C@H](OC(C)=O)[C@@H](OC(C)=O)[C@@H]1C. The van der Waals surface area contributed by atoms with E-state index in [9.17, 15) is 14.0 Å². The molecule has 0 amide bonds. The third kappa shape index (κ3) is 8.54. The predicted molar refractivity (Wildman–Crippen MR) is 135 cm³/mol. The minimum atomic E-state index is -0.823. The molecule has 0 unspecified atom stereocenters. The number of carbonyl (C=O) groups excluding carboxylic acids is 2. The van der Waals surface area contributed by atoms with Gasteiger partial charge in [-0.25, -0.2) is 4.39 Å². The zero-order valence-corrected chi connectivity index (χ0v) is 22.0. The smallest absolute Gasteiger partial charge is 0.303 e. The van der Waals surface area contributed by atoms with E-state index in [1.54, 1.807) is 18.2 Å². The molecule has 1 heterocycles. The lowest BCUT2D eigenvalue weighted by Gasteiger charge is -2.43. The van der Waals surface area contributed by atoms with Crippen molar-refractivity contribution in [3.8, 4) is 5.75 Å². The zero-order valence-electron chi connectivity index (χ0n) is 22.0. The Hall–Kier alpha value is -2.97. The van der Waals surface area contributed by atoms with Crippen molar-refractivity contribution in [2.24, 2.45) is 5.92 Å². The molecule has 1 aliphatic rings. The molecule has 1 aliphatic heterocycles. The second kappa shape index (κ2) is 14.1. The molecule has 0 saturated carbocycles. The normalized spacial score (nSPS) is 23.3. The monoisotopic (exact) mass is 516 g/mol. The van der Waals surface area contributed by atoms with Gasteiger partial charge < -0.3 is 23.7 Å². The van der Waals surface area contributed by atoms with Crippen LogP contribution in [0.3, 0.4) is 0 Å². The highest BCUT2D eigenvalue weighted by atomic mass is 19.1. The Bertz CT molecular complexity index is 1010. The van der Waals surface area contributed by atoms with Crippen LogP contribution in [0.1, 0.15) is 58.1 Å². The van der Waals surface area contributed by atoms with Crippen LogP contribution >= 0.6 is 0 Å². The van der Waals surface area contributed by atoms with Crippen LogP contribution < -0.4 is 4.74 Å². The molecule has 1 saturated heterocycles. The van der Waals surface area contributed by atoms with Gasteiger partial charge in [0.05, 0.1) is 6.10 Å². The van der Waals surface area contributed by atoms with Gasteiger partial charge in [-0.2, -0.15) is 0 Å². The van der Waals surface area contributed by atoms with E-state index in [1.807, 2.05) is 38.1 Å². The van der Waals surface area contributed by atoms with E-state index in [0.717, 1.165) is 24.8 Å². The Labute approximate surface area is 218 Å². The first kappa shape index (κ1) is 28.6. The number of unbranched alkanes of at least 4 members (excludes halogenated alkanes) is 1. The molecule has 3 rings (SSSR count). The van der Waals surface area contributed by atoms with Gasteiger partial charge in [0.25, 0.3) is 0 Å². The van der Waals surface area contributed by atoms with Crippen molar-refractivity contribution in [1.82, 2.24) is 0 Å². The van der Waals surface area contributed by atoms with E-state index in [0.29, 0.717) is 24.3 Å². The van der Waals surface area contributed by atoms with E-state index >= 15 is 0 Å². The lowest BCUT2D eigenvalue weighted by molar-refractivity contribution is -0.290. The van der Waals surface area contributed by atoms with Crippen LogP contribution in [0.25, 0.3) is 0 Å². The second-order valence-corrected chi connectivity index (χ2v) is 9.31. The Morgan fingerprint density at radius 1 is 0.946 bits per heavy atom. The van der Waals surface area contributed by atoms with Gasteiger partial charge in [0.1, 0.15) is 24.3 Å². The average Bonchev–Trinajstić information content (AvgIpc) is 2.87. The molecule has 1 fully saturated rings. The van der Waals surface area contributed by atoms with Crippen LogP contribution in [0, 0.1) is 11.7 Å². The maximum Gasteiger partial charge on any atom is 0.303 e. The summed E-state index contributed by atoms with van der Waals surface area (Å²) in [4.78, 5) is 23.4. The Morgan fingerprint density at radius 2 is 1.62 bits per heavy atom. The maximum absolute atomic E-state index is 13.7. The first-order chi connectivity index (χ1) is 17.8. The number of carbonyl (C=O) groups is 2. The number of esters is 2. The molecule has 8 heteroatoms. The largest absolute Gasteiger partial charge is 0.489 e. The van der Waals surface area contributed by atoms with Crippen molar-refractivity contribution in [1.29, 1.82) is 0 Å². The van der Waals surface area contributed by atoms with Crippen molar-refractivity contribution >= 4 is 11.9 Å². The molecule has 202 valence electrons. The highest BCUT2D eigenvalue weighted by Gasteiger charge is 2.47. The zero-order chi connectivity index (χ0) is 26.8. The fourth-order valence-corrected chi connectivity index (χ4v) is 4.48. The van der Waals surface area contributed by atoms with E-state index in [-0.39, 0.29) is 24.4 Å². The molecular weight excluding hydrogens is 479 g/mol. The van der Waals surface area contributed by atoms with Gasteiger partial charge in [0, 0.05) is 31.9 Å². The minimum Gasteiger partial charge on any atom is -0.489 e. The van der Waals surface area contributed by atoms with Crippen LogP contribution in [0.5, 0.6) is 5.75 Å². The number of benzene rings is 2. The summed E-state index contributed by atoms with van der Waals surface area (Å²) in [6, 6.07) is 14.3. The standard InChI is InChI=1S/C29H37FO7/c1-5-26-19(2)27(35-20(3)31)28(36-21(4)32)29(37-26)33-17-9-8-10-22-13-15-24(16-14-22)34-18-23-11-6-7-12-25(23)30/h6-7,11-16,19,26-29H,5,8-10,17-18H2,1-4H3/t19-,26-,27+,28-,29-/m1/s1. The Balaban J connectivity index is 1.46. The van der Waals surface area contributed by atoms with Gasteiger partial charge >= 0.3 is 11.9 Å². The van der Waals surface area contributed by atoms with Crippen molar-refractivity contribution in [2.45, 2.75) is 84.6 Å². The summed E-state index contributed by atoms with van der Waals surface area (Å²) >= 11 is 0. The quantitative estimate of drug-likeness (QED) is 0.277. The molecule has 0 aliphatic carbocycles. The fraction of sp³-hybridized carbons (Fsp3) is 0.517. The molecule has 7 nitrogen and oxygen atoms in total. The van der Waals surface area contributed by atoms with E-state index in [1.165, 1.54) is 19.9 Å². The average molecular weight is 517 g/mol. The number of hydrogen-bond acceptors (Lipinski definition) is 7. The highest BCUT2D eigenvalue weighted by molar-refractivity contribution is 5.67. The van der Waals surface area contributed by atoms with Crippen LogP contribution in [-0.4, -0.2) is 43.1 Å². The van der Waals surface area contributed by atoms with Crippen molar-refractivity contribution < 1.29 is 37.7 Å². The van der Waals surface area contributed by atoms with Gasteiger partial charge in [0.2, 0.25) is 0 Å². The first-order valence-corrected chi connectivity index (χ1v) is 12.8. The lowest BCUT2D eigenvalue weighted by Crippen LogP contribution is -2.57. The van der Waals surface area contributed by atoms with Crippen molar-refractivity contribution in [3.63, 3.8) is 0 Å². The molecule has 0 spiro atoms. The summed E-state index contributed by atoms with van der Waals surface area (Å²) in [6.45, 7) is 7.15. The van der Waals surface area contributed by atoms with Gasteiger partial charge in [-0.15, -0.1) is 0 Å². The molecule has 0 bridgehead atoms. The van der Waals surface area contributed by atoms with Crippen LogP contribution in [-0.2, 0) is 41.6 Å². The molecular formula is C29H37FO7. The number of aryl methyl sites for hydroxylation is 1. The third-order valence-corrected chi connectivity index (χ3v) is 6.43. The molecule has 0 aromatic heterocycles. The molecule has 37 heavy (non-hydrogen) atoms. The van der Waals surface area contributed by atoms with E-state index in [2.05, 4.69) is 0 Å². The van der Waals surface area contributed by atoms with Gasteiger partial charge in [-0.1, -0.05) is 44.2 Å². The number of rotatable bonds is 12. The molecule has 5 atom stereocenters. The summed E-state index contributed by atoms with van der Waals surface area (Å²) in [5.74, 6) is -0.656. The third-order valence-electron chi connectivity index (χ3n) is 6.43. The minimum absolute atomic E-state index is 0.142. The summed E-state index contributed by atoms with van der Waals surface area (Å²) in [5, 5.41) is 0. The van der Waals surface area contributed by atoms with E-state index < -0.39 is 30.4 Å². The topological polar surface area (TPSA) is 80.3 Å². The number of ether oxygens (including phenoxy) is 5. The number of hydrogen-bond donors (Lipinski definition) is 0. The fourth-order valence-electron chi connectivity index (χ4n) is 4.48. The molecule has 0 N–H and O–H groups in total. The summed E-state index contributed by atoms with van der Waals surface area (Å²) in [6.07, 6.45) is 0.761. The molecule has 2 aromatic carbocycles. The van der Waals surface area contributed by atoms with Crippen LogP contribution in [0.2, 0.25) is 0 Å². The highest BCUT2D eigenvalue weighted by Crippen LogP contribution is 2.32. The Morgan fingerprint density at radius 3 is 2.27 bits per heavy atom. The maximum atomic E-state index is 13.7. The predicted octanol–water partition coefficient (Wildman–Crippen LogP) is 5.38. The van der Waals surface area contributed by atoms with Gasteiger partial charge in [0.15, 0.2) is 12.4 Å². The molecule has 0 radical (unpaired) electrons. The van der Waals surface area contributed by atoms with Gasteiger partial charge in [-0.3, -0.25) is 9.59 Å². The first-order valence-electron chi connectivity index (χ1n) is 12.8. The Kier molecular flexibility index (Phi) is 10.9. The van der Waals surface area contributed by atoms with E-state index in [4.69, 9.17) is 23.7 Å². The van der Waals surface area contributed by atoms with Crippen molar-refractivity contribution in [2.75, 3.05) is 6.61 Å². The van der Waals surface area contributed by atoms with Gasteiger partial charge in [-0.05, 0) is 49.4 Å². The van der Waals surface area contributed by atoms with Crippen LogP contribution in [0.4, 0.5) is 4.39 Å².